The lowest BCUT2D eigenvalue weighted by atomic mass is 10.2. The van der Waals surface area contributed by atoms with Gasteiger partial charge in [0.25, 0.3) is 21.6 Å². The molecule has 0 saturated heterocycles. The van der Waals surface area contributed by atoms with Crippen molar-refractivity contribution >= 4 is 27.3 Å². The number of hydrogen-bond acceptors (Lipinski definition) is 5. The summed E-state index contributed by atoms with van der Waals surface area (Å²) in [6.45, 7) is -1.56. The van der Waals surface area contributed by atoms with E-state index >= 15 is 0 Å². The number of anilines is 1. The molecule has 0 aromatic heterocycles. The van der Waals surface area contributed by atoms with Crippen LogP contribution in [0.4, 0.5) is 24.5 Å². The van der Waals surface area contributed by atoms with Crippen LogP contribution in [0.3, 0.4) is 0 Å². The second-order valence-electron chi connectivity index (χ2n) is 5.24. The minimum absolute atomic E-state index is 0.0869. The Morgan fingerprint density at radius 3 is 2.41 bits per heavy atom. The monoisotopic (exact) mass is 403 g/mol. The molecule has 8 nitrogen and oxygen atoms in total. The topological polar surface area (TPSA) is 118 Å². The van der Waals surface area contributed by atoms with Crippen LogP contribution in [-0.2, 0) is 10.0 Å². The molecule has 0 bridgehead atoms. The van der Waals surface area contributed by atoms with E-state index in [0.717, 1.165) is 24.3 Å². The molecule has 2 N–H and O–H groups in total. The summed E-state index contributed by atoms with van der Waals surface area (Å²) in [4.78, 5) is 21.4. The van der Waals surface area contributed by atoms with Gasteiger partial charge in [-0.2, -0.15) is 13.2 Å². The van der Waals surface area contributed by atoms with E-state index in [-0.39, 0.29) is 16.9 Å². The quantitative estimate of drug-likeness (QED) is 0.568. The molecule has 1 amide bonds. The molecule has 0 atom stereocenters. The zero-order valence-electron chi connectivity index (χ0n) is 13.4. The van der Waals surface area contributed by atoms with E-state index in [0.29, 0.717) is 0 Å². The van der Waals surface area contributed by atoms with Gasteiger partial charge in [0.2, 0.25) is 0 Å². The average molecular weight is 403 g/mol. The Kier molecular flexibility index (Phi) is 5.69. The first kappa shape index (κ1) is 20.2. The van der Waals surface area contributed by atoms with E-state index in [2.05, 4.69) is 4.72 Å². The number of halogens is 3. The van der Waals surface area contributed by atoms with Gasteiger partial charge < -0.3 is 5.32 Å². The zero-order chi connectivity index (χ0) is 20.2. The van der Waals surface area contributed by atoms with Gasteiger partial charge in [0.05, 0.1) is 15.5 Å². The molecule has 0 spiro atoms. The van der Waals surface area contributed by atoms with Gasteiger partial charge in [-0.15, -0.1) is 0 Å². The van der Waals surface area contributed by atoms with E-state index in [1.165, 1.54) is 24.3 Å². The van der Waals surface area contributed by atoms with E-state index < -0.39 is 38.5 Å². The molecule has 0 radical (unpaired) electrons. The van der Waals surface area contributed by atoms with Crippen LogP contribution in [0.2, 0.25) is 0 Å². The smallest absolute Gasteiger partial charge is 0.343 e. The summed E-state index contributed by atoms with van der Waals surface area (Å²) in [5.41, 5.74) is -0.715. The number of amides is 1. The molecule has 0 fully saturated rings. The fourth-order valence-electron chi connectivity index (χ4n) is 1.98. The maximum absolute atomic E-state index is 12.4. The van der Waals surface area contributed by atoms with Gasteiger partial charge in [0.1, 0.15) is 6.54 Å². The fraction of sp³-hybridized carbons (Fsp3) is 0.133. The fourth-order valence-corrected chi connectivity index (χ4v) is 3.08. The number of non-ortho nitro benzene ring substituents is 1. The van der Waals surface area contributed by atoms with Gasteiger partial charge in [0.15, 0.2) is 0 Å². The number of hydrogen-bond donors (Lipinski definition) is 2. The Balaban J connectivity index is 2.23. The van der Waals surface area contributed by atoms with E-state index in [1.807, 2.05) is 0 Å². The van der Waals surface area contributed by atoms with Crippen molar-refractivity contribution in [2.75, 3.05) is 11.3 Å². The molecule has 2 aromatic carbocycles. The number of alkyl halides is 3. The average Bonchev–Trinajstić information content (AvgIpc) is 2.59. The molecule has 0 aliphatic carbocycles. The highest BCUT2D eigenvalue weighted by Crippen LogP contribution is 2.21. The van der Waals surface area contributed by atoms with Crippen LogP contribution >= 0.6 is 0 Å². The molecular weight excluding hydrogens is 391 g/mol. The minimum atomic E-state index is -4.61. The maximum atomic E-state index is 12.4. The molecule has 12 heteroatoms. The largest absolute Gasteiger partial charge is 0.405 e. The van der Waals surface area contributed by atoms with Crippen molar-refractivity contribution < 1.29 is 31.3 Å². The second kappa shape index (κ2) is 7.61. The van der Waals surface area contributed by atoms with E-state index in [4.69, 9.17) is 0 Å². The molecular formula is C15H12F3N3O5S. The lowest BCUT2D eigenvalue weighted by Gasteiger charge is -2.11. The Morgan fingerprint density at radius 2 is 1.78 bits per heavy atom. The first-order chi connectivity index (χ1) is 12.5. The van der Waals surface area contributed by atoms with Crippen molar-refractivity contribution in [2.45, 2.75) is 11.1 Å². The van der Waals surface area contributed by atoms with Crippen LogP contribution in [0.25, 0.3) is 0 Å². The lowest BCUT2D eigenvalue weighted by molar-refractivity contribution is -0.384. The van der Waals surface area contributed by atoms with Crippen LogP contribution in [-0.4, -0.2) is 32.0 Å². The molecule has 0 unspecified atom stereocenters. The minimum Gasteiger partial charge on any atom is -0.343 e. The van der Waals surface area contributed by atoms with Crippen molar-refractivity contribution in [1.82, 2.24) is 5.32 Å². The molecule has 2 aromatic rings. The van der Waals surface area contributed by atoms with Crippen molar-refractivity contribution in [3.63, 3.8) is 0 Å². The number of nitrogens with one attached hydrogen (secondary N) is 2. The highest BCUT2D eigenvalue weighted by molar-refractivity contribution is 7.92. The number of sulfonamides is 1. The first-order valence-corrected chi connectivity index (χ1v) is 8.68. The van der Waals surface area contributed by atoms with Gasteiger partial charge in [-0.05, 0) is 24.3 Å². The first-order valence-electron chi connectivity index (χ1n) is 7.20. The molecule has 0 aliphatic rings. The summed E-state index contributed by atoms with van der Waals surface area (Å²) in [5.74, 6) is -1.10. The third-order valence-corrected chi connectivity index (χ3v) is 4.54. The highest BCUT2D eigenvalue weighted by Gasteiger charge is 2.28. The number of carbonyl (C=O) groups is 1. The number of nitrogens with zero attached hydrogens (tertiary/aromatic N) is 1. The normalized spacial score (nSPS) is 11.7. The Hall–Kier alpha value is -3.15. The lowest BCUT2D eigenvalue weighted by Crippen LogP contribution is -2.33. The molecule has 2 rings (SSSR count). The standard InChI is InChI=1S/C15H12F3N3O5S/c16-15(17,18)9-19-14(22)10-3-1-6-13(7-10)27(25,26)20-11-4-2-5-12(8-11)21(23)24/h1-8,20H,9H2,(H,19,22). The third kappa shape index (κ3) is 5.67. The van der Waals surface area contributed by atoms with Crippen molar-refractivity contribution in [2.24, 2.45) is 0 Å². The Morgan fingerprint density at radius 1 is 1.11 bits per heavy atom. The number of benzene rings is 2. The summed E-state index contributed by atoms with van der Waals surface area (Å²) in [6, 6.07) is 9.08. The summed E-state index contributed by atoms with van der Waals surface area (Å²) < 4.78 is 63.4. The van der Waals surface area contributed by atoms with E-state index in [9.17, 15) is 36.5 Å². The summed E-state index contributed by atoms with van der Waals surface area (Å²) in [7, 11) is -4.23. The van der Waals surface area contributed by atoms with Gasteiger partial charge >= 0.3 is 6.18 Å². The maximum Gasteiger partial charge on any atom is 0.405 e. The van der Waals surface area contributed by atoms with Gasteiger partial charge in [0, 0.05) is 17.7 Å². The molecule has 27 heavy (non-hydrogen) atoms. The molecule has 0 aliphatic heterocycles. The van der Waals surface area contributed by atoms with Crippen LogP contribution in [0.1, 0.15) is 10.4 Å². The number of nitro groups is 1. The van der Waals surface area contributed by atoms with Gasteiger partial charge in [-0.25, -0.2) is 8.42 Å². The van der Waals surface area contributed by atoms with Crippen LogP contribution in [0.15, 0.2) is 53.4 Å². The Labute approximate surface area is 151 Å². The van der Waals surface area contributed by atoms with Gasteiger partial charge in [-0.1, -0.05) is 12.1 Å². The van der Waals surface area contributed by atoms with Crippen LogP contribution in [0, 0.1) is 10.1 Å². The predicted molar refractivity (Wildman–Crippen MR) is 88.7 cm³/mol. The Bertz CT molecular complexity index is 977. The SMILES string of the molecule is O=C(NCC(F)(F)F)c1cccc(S(=O)(=O)Nc2cccc([N+](=O)[O-])c2)c1. The molecule has 0 heterocycles. The van der Waals surface area contributed by atoms with Crippen molar-refractivity contribution in [3.05, 3.63) is 64.2 Å². The molecule has 144 valence electrons. The number of carbonyl (C=O) groups excluding carboxylic acids is 1. The van der Waals surface area contributed by atoms with Crippen molar-refractivity contribution in [1.29, 1.82) is 0 Å². The highest BCUT2D eigenvalue weighted by atomic mass is 32.2. The summed E-state index contributed by atoms with van der Waals surface area (Å²) >= 11 is 0. The molecule has 0 saturated carbocycles. The van der Waals surface area contributed by atoms with Crippen LogP contribution < -0.4 is 10.0 Å². The van der Waals surface area contributed by atoms with E-state index in [1.54, 1.807) is 5.32 Å². The van der Waals surface area contributed by atoms with Gasteiger partial charge in [-0.3, -0.25) is 19.6 Å². The number of nitro benzene ring substituents is 1. The second-order valence-corrected chi connectivity index (χ2v) is 6.92. The van der Waals surface area contributed by atoms with Crippen LogP contribution in [0.5, 0.6) is 0 Å². The number of rotatable bonds is 6. The predicted octanol–water partition coefficient (Wildman–Crippen LogP) is 2.69. The third-order valence-electron chi connectivity index (χ3n) is 3.17. The zero-order valence-corrected chi connectivity index (χ0v) is 14.2. The van der Waals surface area contributed by atoms with Crippen molar-refractivity contribution in [3.8, 4) is 0 Å². The summed E-state index contributed by atoms with van der Waals surface area (Å²) in [6.07, 6.45) is -4.61. The summed E-state index contributed by atoms with van der Waals surface area (Å²) in [5, 5.41) is 12.4.